The van der Waals surface area contributed by atoms with Crippen molar-refractivity contribution in [2.24, 2.45) is 0 Å². The van der Waals surface area contributed by atoms with E-state index in [2.05, 4.69) is 64.3 Å². The first kappa shape index (κ1) is 23.6. The lowest BCUT2D eigenvalue weighted by atomic mass is 9.82. The second-order valence-corrected chi connectivity index (χ2v) is 9.72. The van der Waals surface area contributed by atoms with Gasteiger partial charge in [-0.3, -0.25) is 9.59 Å². The maximum absolute atomic E-state index is 13.8. The Bertz CT molecular complexity index is 1460. The monoisotopic (exact) mass is 474 g/mol. The molecule has 0 saturated carbocycles. The highest BCUT2D eigenvalue weighted by atomic mass is 16.1. The van der Waals surface area contributed by atoms with Gasteiger partial charge in [-0.05, 0) is 99.2 Å². The molecule has 0 amide bonds. The first-order chi connectivity index (χ1) is 17.2. The molecule has 0 unspecified atom stereocenters. The van der Waals surface area contributed by atoms with Gasteiger partial charge in [0.15, 0.2) is 11.6 Å². The van der Waals surface area contributed by atoms with E-state index < -0.39 is 0 Å². The SMILES string of the molecule is Cc1ccc(Nc2ccc(Nc3ccc(C)c(C)c3C)c3c2C(=O)c2ccccc2C3=O)c(C)c1C. The van der Waals surface area contributed by atoms with Crippen LogP contribution in [-0.2, 0) is 0 Å². The van der Waals surface area contributed by atoms with Gasteiger partial charge in [0.2, 0.25) is 0 Å². The third-order valence-electron chi connectivity index (χ3n) is 7.73. The van der Waals surface area contributed by atoms with Crippen LogP contribution in [0.4, 0.5) is 22.7 Å². The standard InChI is InChI=1S/C32H30N2O2/c1-17-11-13-25(21(5)19(17)3)33-27-15-16-28(34-26-14-12-18(2)20(4)22(26)6)30-29(27)31(35)23-9-7-8-10-24(23)32(30)36/h7-16,33-34H,1-6H3. The zero-order chi connectivity index (χ0) is 25.7. The molecule has 0 aromatic heterocycles. The highest BCUT2D eigenvalue weighted by Crippen LogP contribution is 2.39. The van der Waals surface area contributed by atoms with Crippen LogP contribution in [0.5, 0.6) is 0 Å². The molecular formula is C32H30N2O2. The first-order valence-electron chi connectivity index (χ1n) is 12.2. The largest absolute Gasteiger partial charge is 0.355 e. The van der Waals surface area contributed by atoms with E-state index in [9.17, 15) is 9.59 Å². The molecule has 0 radical (unpaired) electrons. The maximum Gasteiger partial charge on any atom is 0.196 e. The second-order valence-electron chi connectivity index (χ2n) is 9.72. The Balaban J connectivity index is 1.69. The lowest BCUT2D eigenvalue weighted by molar-refractivity contribution is 0.0980. The fourth-order valence-electron chi connectivity index (χ4n) is 4.90. The van der Waals surface area contributed by atoms with Gasteiger partial charge in [-0.2, -0.15) is 0 Å². The van der Waals surface area contributed by atoms with Crippen molar-refractivity contribution in [3.05, 3.63) is 116 Å². The highest BCUT2D eigenvalue weighted by molar-refractivity contribution is 6.32. The molecule has 0 aliphatic heterocycles. The van der Waals surface area contributed by atoms with E-state index in [1.807, 2.05) is 24.3 Å². The fourth-order valence-corrected chi connectivity index (χ4v) is 4.90. The lowest BCUT2D eigenvalue weighted by Crippen LogP contribution is -2.23. The molecule has 4 heteroatoms. The Kier molecular flexibility index (Phi) is 5.76. The van der Waals surface area contributed by atoms with E-state index in [0.717, 1.165) is 22.5 Å². The van der Waals surface area contributed by atoms with Crippen molar-refractivity contribution in [1.29, 1.82) is 0 Å². The lowest BCUT2D eigenvalue weighted by Gasteiger charge is -2.25. The molecule has 0 saturated heterocycles. The van der Waals surface area contributed by atoms with Crippen LogP contribution in [0.3, 0.4) is 0 Å². The summed E-state index contributed by atoms with van der Waals surface area (Å²) in [5.41, 5.74) is 11.9. The molecule has 4 aromatic rings. The zero-order valence-electron chi connectivity index (χ0n) is 21.6. The number of carbonyl (C=O) groups excluding carboxylic acids is 2. The summed E-state index contributed by atoms with van der Waals surface area (Å²) in [6.07, 6.45) is 0. The molecular weight excluding hydrogens is 444 g/mol. The minimum absolute atomic E-state index is 0.148. The van der Waals surface area contributed by atoms with E-state index in [1.54, 1.807) is 24.3 Å². The summed E-state index contributed by atoms with van der Waals surface area (Å²) in [6, 6.07) is 19.0. The van der Waals surface area contributed by atoms with Crippen molar-refractivity contribution in [3.8, 4) is 0 Å². The topological polar surface area (TPSA) is 58.2 Å². The van der Waals surface area contributed by atoms with Crippen LogP contribution >= 0.6 is 0 Å². The van der Waals surface area contributed by atoms with Gasteiger partial charge < -0.3 is 10.6 Å². The average molecular weight is 475 g/mol. The number of carbonyl (C=O) groups is 2. The number of benzene rings is 4. The van der Waals surface area contributed by atoms with Gasteiger partial charge in [0.05, 0.1) is 22.5 Å². The van der Waals surface area contributed by atoms with E-state index in [4.69, 9.17) is 0 Å². The molecule has 180 valence electrons. The molecule has 36 heavy (non-hydrogen) atoms. The van der Waals surface area contributed by atoms with E-state index in [1.165, 1.54) is 22.3 Å². The minimum atomic E-state index is -0.148. The van der Waals surface area contributed by atoms with Gasteiger partial charge in [-0.25, -0.2) is 0 Å². The molecule has 0 fully saturated rings. The summed E-state index contributed by atoms with van der Waals surface area (Å²) < 4.78 is 0. The molecule has 0 bridgehead atoms. The maximum atomic E-state index is 13.8. The minimum Gasteiger partial charge on any atom is -0.355 e. The Morgan fingerprint density at radius 2 is 0.806 bits per heavy atom. The smallest absolute Gasteiger partial charge is 0.196 e. The first-order valence-corrected chi connectivity index (χ1v) is 12.2. The van der Waals surface area contributed by atoms with E-state index in [-0.39, 0.29) is 11.6 Å². The van der Waals surface area contributed by atoms with Crippen LogP contribution in [-0.4, -0.2) is 11.6 Å². The van der Waals surface area contributed by atoms with Crippen molar-refractivity contribution < 1.29 is 9.59 Å². The number of aryl methyl sites for hydroxylation is 2. The van der Waals surface area contributed by atoms with Crippen molar-refractivity contribution in [1.82, 2.24) is 0 Å². The van der Waals surface area contributed by atoms with Crippen molar-refractivity contribution in [2.75, 3.05) is 10.6 Å². The molecule has 4 aromatic carbocycles. The van der Waals surface area contributed by atoms with Crippen LogP contribution in [0.1, 0.15) is 65.2 Å². The molecule has 0 heterocycles. The van der Waals surface area contributed by atoms with E-state index in [0.29, 0.717) is 33.6 Å². The van der Waals surface area contributed by atoms with Gasteiger partial charge in [0.1, 0.15) is 0 Å². The normalized spacial score (nSPS) is 12.3. The summed E-state index contributed by atoms with van der Waals surface area (Å²) in [4.78, 5) is 27.6. The molecule has 0 atom stereocenters. The summed E-state index contributed by atoms with van der Waals surface area (Å²) >= 11 is 0. The summed E-state index contributed by atoms with van der Waals surface area (Å²) in [7, 11) is 0. The van der Waals surface area contributed by atoms with Crippen molar-refractivity contribution in [2.45, 2.75) is 41.5 Å². The zero-order valence-corrected chi connectivity index (χ0v) is 21.6. The third-order valence-corrected chi connectivity index (χ3v) is 7.73. The Morgan fingerprint density at radius 1 is 0.444 bits per heavy atom. The highest BCUT2D eigenvalue weighted by Gasteiger charge is 2.34. The van der Waals surface area contributed by atoms with Crippen LogP contribution in [0.2, 0.25) is 0 Å². The molecule has 2 N–H and O–H groups in total. The molecule has 1 aliphatic rings. The van der Waals surface area contributed by atoms with Gasteiger partial charge in [-0.15, -0.1) is 0 Å². The second kappa shape index (κ2) is 8.80. The Morgan fingerprint density at radius 3 is 1.19 bits per heavy atom. The van der Waals surface area contributed by atoms with Crippen LogP contribution in [0, 0.1) is 41.5 Å². The molecule has 4 nitrogen and oxygen atoms in total. The van der Waals surface area contributed by atoms with Crippen LogP contribution < -0.4 is 10.6 Å². The molecule has 0 spiro atoms. The Hall–Kier alpha value is -4.18. The summed E-state index contributed by atoms with van der Waals surface area (Å²) in [5, 5.41) is 6.94. The number of ketones is 2. The molecule has 5 rings (SSSR count). The van der Waals surface area contributed by atoms with Crippen molar-refractivity contribution >= 4 is 34.3 Å². The van der Waals surface area contributed by atoms with Crippen molar-refractivity contribution in [3.63, 3.8) is 0 Å². The van der Waals surface area contributed by atoms with Crippen LogP contribution in [0.15, 0.2) is 60.7 Å². The third kappa shape index (κ3) is 3.70. The predicted molar refractivity (Wildman–Crippen MR) is 148 cm³/mol. The predicted octanol–water partition coefficient (Wildman–Crippen LogP) is 7.80. The average Bonchev–Trinajstić information content (AvgIpc) is 2.88. The van der Waals surface area contributed by atoms with Gasteiger partial charge >= 0.3 is 0 Å². The van der Waals surface area contributed by atoms with Crippen LogP contribution in [0.25, 0.3) is 0 Å². The van der Waals surface area contributed by atoms with Gasteiger partial charge in [0.25, 0.3) is 0 Å². The molecule has 1 aliphatic carbocycles. The number of fused-ring (bicyclic) bond motifs is 2. The number of hydrogen-bond donors (Lipinski definition) is 2. The van der Waals surface area contributed by atoms with Gasteiger partial charge in [0, 0.05) is 22.5 Å². The Labute approximate surface area is 212 Å². The summed E-state index contributed by atoms with van der Waals surface area (Å²) in [5.74, 6) is -0.297. The number of nitrogens with one attached hydrogen (secondary N) is 2. The van der Waals surface area contributed by atoms with E-state index >= 15 is 0 Å². The quantitative estimate of drug-likeness (QED) is 0.279. The van der Waals surface area contributed by atoms with Gasteiger partial charge in [-0.1, -0.05) is 36.4 Å². The summed E-state index contributed by atoms with van der Waals surface area (Å²) in [6.45, 7) is 12.5. The number of rotatable bonds is 4. The fraction of sp³-hybridized carbons (Fsp3) is 0.188. The number of anilines is 4. The number of hydrogen-bond acceptors (Lipinski definition) is 4.